The largest absolute Gasteiger partial charge is 0.352 e. The molecule has 108 valence electrons. The molecule has 2 amide bonds. The third kappa shape index (κ3) is 3.93. The van der Waals surface area contributed by atoms with Crippen LogP contribution < -0.4 is 10.6 Å². The van der Waals surface area contributed by atoms with Crippen LogP contribution in [0.1, 0.15) is 39.5 Å². The third-order valence-corrected chi connectivity index (χ3v) is 4.27. The fourth-order valence-electron chi connectivity index (χ4n) is 2.95. The van der Waals surface area contributed by atoms with Gasteiger partial charge < -0.3 is 15.5 Å². The van der Waals surface area contributed by atoms with Gasteiger partial charge in [-0.3, -0.25) is 9.59 Å². The van der Waals surface area contributed by atoms with E-state index in [9.17, 15) is 9.59 Å². The average Bonchev–Trinajstić information content (AvgIpc) is 2.39. The van der Waals surface area contributed by atoms with Crippen molar-refractivity contribution in [2.24, 2.45) is 5.92 Å². The molecule has 0 aromatic carbocycles. The Kier molecular flexibility index (Phi) is 4.80. The summed E-state index contributed by atoms with van der Waals surface area (Å²) >= 11 is 0. The van der Waals surface area contributed by atoms with E-state index in [4.69, 9.17) is 0 Å². The molecule has 2 heterocycles. The van der Waals surface area contributed by atoms with Crippen LogP contribution in [0.5, 0.6) is 0 Å². The molecule has 0 saturated carbocycles. The summed E-state index contributed by atoms with van der Waals surface area (Å²) < 4.78 is 0. The van der Waals surface area contributed by atoms with Crippen LogP contribution in [0.15, 0.2) is 0 Å². The zero-order chi connectivity index (χ0) is 13.8. The van der Waals surface area contributed by atoms with Crippen LogP contribution in [-0.2, 0) is 9.59 Å². The lowest BCUT2D eigenvalue weighted by atomic mass is 9.93. The number of likely N-dealkylation sites (tertiary alicyclic amines) is 1. The molecule has 2 aliphatic rings. The first kappa shape index (κ1) is 14.3. The molecule has 0 aromatic rings. The fourth-order valence-corrected chi connectivity index (χ4v) is 2.95. The van der Waals surface area contributed by atoms with E-state index < -0.39 is 0 Å². The second-order valence-electron chi connectivity index (χ2n) is 5.93. The third-order valence-electron chi connectivity index (χ3n) is 4.27. The molecule has 19 heavy (non-hydrogen) atoms. The summed E-state index contributed by atoms with van der Waals surface area (Å²) in [6.45, 7) is 6.25. The minimum atomic E-state index is -0.0328. The Bertz CT molecular complexity index is 338. The molecule has 2 fully saturated rings. The summed E-state index contributed by atoms with van der Waals surface area (Å²) in [5.74, 6) is 0.886. The van der Waals surface area contributed by atoms with Crippen LogP contribution in [0.25, 0.3) is 0 Å². The van der Waals surface area contributed by atoms with E-state index >= 15 is 0 Å². The summed E-state index contributed by atoms with van der Waals surface area (Å²) in [7, 11) is 0. The zero-order valence-electron chi connectivity index (χ0n) is 11.9. The molecule has 2 aliphatic heterocycles. The van der Waals surface area contributed by atoms with Crippen molar-refractivity contribution >= 4 is 11.8 Å². The first-order valence-corrected chi connectivity index (χ1v) is 7.35. The first-order valence-electron chi connectivity index (χ1n) is 7.35. The number of rotatable bonds is 2. The Morgan fingerprint density at radius 3 is 2.47 bits per heavy atom. The van der Waals surface area contributed by atoms with Crippen molar-refractivity contribution in [3.8, 4) is 0 Å². The van der Waals surface area contributed by atoms with Crippen LogP contribution in [0.4, 0.5) is 0 Å². The maximum absolute atomic E-state index is 12.2. The van der Waals surface area contributed by atoms with Gasteiger partial charge in [0.2, 0.25) is 11.8 Å². The molecule has 0 aliphatic carbocycles. The predicted octanol–water partition coefficient (Wildman–Crippen LogP) is 0.502. The summed E-state index contributed by atoms with van der Waals surface area (Å²) in [5, 5.41) is 6.42. The molecular formula is C14H25N3O2. The van der Waals surface area contributed by atoms with Crippen molar-refractivity contribution in [2.45, 2.75) is 51.6 Å². The molecule has 2 saturated heterocycles. The second kappa shape index (κ2) is 6.37. The fraction of sp³-hybridized carbons (Fsp3) is 0.857. The Balaban J connectivity index is 1.75. The molecule has 0 aromatic heterocycles. The Hall–Kier alpha value is -1.10. The number of hydrogen-bond acceptors (Lipinski definition) is 3. The Labute approximate surface area is 115 Å². The number of carbonyl (C=O) groups excluding carboxylic acids is 2. The first-order chi connectivity index (χ1) is 9.06. The second-order valence-corrected chi connectivity index (χ2v) is 5.93. The molecule has 0 spiro atoms. The number of hydrogen-bond donors (Lipinski definition) is 2. The lowest BCUT2D eigenvalue weighted by Crippen LogP contribution is -2.53. The van der Waals surface area contributed by atoms with Crippen LogP contribution in [0.3, 0.4) is 0 Å². The standard InChI is InChI=1S/C14H25N3O2/c1-10-3-6-15-13(9-10)14(19)16-12-4-7-17(8-5-12)11(2)18/h10,12-13,15H,3-9H2,1-2H3,(H,16,19). The van der Waals surface area contributed by atoms with E-state index in [0.717, 1.165) is 45.3 Å². The number of nitrogens with zero attached hydrogens (tertiary/aromatic N) is 1. The lowest BCUT2D eigenvalue weighted by Gasteiger charge is -2.33. The number of carbonyl (C=O) groups is 2. The van der Waals surface area contributed by atoms with E-state index in [1.54, 1.807) is 6.92 Å². The number of piperidine rings is 2. The van der Waals surface area contributed by atoms with Crippen molar-refractivity contribution < 1.29 is 9.59 Å². The maximum atomic E-state index is 12.2. The molecular weight excluding hydrogens is 242 g/mol. The maximum Gasteiger partial charge on any atom is 0.237 e. The quantitative estimate of drug-likeness (QED) is 0.766. The van der Waals surface area contributed by atoms with Crippen molar-refractivity contribution in [1.29, 1.82) is 0 Å². The van der Waals surface area contributed by atoms with Gasteiger partial charge >= 0.3 is 0 Å². The van der Waals surface area contributed by atoms with Gasteiger partial charge in [0.1, 0.15) is 0 Å². The van der Waals surface area contributed by atoms with Crippen molar-refractivity contribution in [2.75, 3.05) is 19.6 Å². The normalized spacial score (nSPS) is 29.1. The topological polar surface area (TPSA) is 61.4 Å². The summed E-state index contributed by atoms with van der Waals surface area (Å²) in [6, 6.07) is 0.191. The van der Waals surface area contributed by atoms with Crippen molar-refractivity contribution in [3.05, 3.63) is 0 Å². The minimum Gasteiger partial charge on any atom is -0.352 e. The molecule has 5 nitrogen and oxygen atoms in total. The van der Waals surface area contributed by atoms with Crippen molar-refractivity contribution in [3.63, 3.8) is 0 Å². The smallest absolute Gasteiger partial charge is 0.237 e. The van der Waals surface area contributed by atoms with Crippen LogP contribution >= 0.6 is 0 Å². The molecule has 2 unspecified atom stereocenters. The highest BCUT2D eigenvalue weighted by atomic mass is 16.2. The molecule has 2 N–H and O–H groups in total. The van der Waals surface area contributed by atoms with Gasteiger partial charge in [-0.2, -0.15) is 0 Å². The minimum absolute atomic E-state index is 0.0328. The van der Waals surface area contributed by atoms with Crippen molar-refractivity contribution in [1.82, 2.24) is 15.5 Å². The highest BCUT2D eigenvalue weighted by Crippen LogP contribution is 2.16. The lowest BCUT2D eigenvalue weighted by molar-refractivity contribution is -0.130. The van der Waals surface area contributed by atoms with Gasteiger partial charge in [-0.1, -0.05) is 6.92 Å². The van der Waals surface area contributed by atoms with Gasteiger partial charge in [-0.15, -0.1) is 0 Å². The van der Waals surface area contributed by atoms with Gasteiger partial charge in [0.15, 0.2) is 0 Å². The molecule has 2 rings (SSSR count). The van der Waals surface area contributed by atoms with Crippen LogP contribution in [0, 0.1) is 5.92 Å². The average molecular weight is 267 g/mol. The number of amides is 2. The monoisotopic (exact) mass is 267 g/mol. The van der Waals surface area contributed by atoms with Gasteiger partial charge in [-0.05, 0) is 38.1 Å². The van der Waals surface area contributed by atoms with Gasteiger partial charge in [0, 0.05) is 26.1 Å². The molecule has 0 bridgehead atoms. The summed E-state index contributed by atoms with van der Waals surface area (Å²) in [4.78, 5) is 25.3. The molecule has 5 heteroatoms. The van der Waals surface area contributed by atoms with Crippen LogP contribution in [0.2, 0.25) is 0 Å². The Morgan fingerprint density at radius 2 is 1.89 bits per heavy atom. The number of nitrogens with one attached hydrogen (secondary N) is 2. The van der Waals surface area contributed by atoms with E-state index in [2.05, 4.69) is 17.6 Å². The van der Waals surface area contributed by atoms with E-state index in [0.29, 0.717) is 5.92 Å². The highest BCUT2D eigenvalue weighted by Gasteiger charge is 2.28. The van der Waals surface area contributed by atoms with E-state index in [1.165, 1.54) is 0 Å². The van der Waals surface area contributed by atoms with E-state index in [1.807, 2.05) is 4.90 Å². The van der Waals surface area contributed by atoms with Gasteiger partial charge in [-0.25, -0.2) is 0 Å². The predicted molar refractivity (Wildman–Crippen MR) is 73.6 cm³/mol. The SMILES string of the molecule is CC(=O)N1CCC(NC(=O)C2CC(C)CCN2)CC1. The highest BCUT2D eigenvalue weighted by molar-refractivity contribution is 5.82. The zero-order valence-corrected chi connectivity index (χ0v) is 11.9. The Morgan fingerprint density at radius 1 is 1.21 bits per heavy atom. The molecule has 0 radical (unpaired) electrons. The van der Waals surface area contributed by atoms with Gasteiger partial charge in [0.05, 0.1) is 6.04 Å². The van der Waals surface area contributed by atoms with Crippen LogP contribution in [-0.4, -0.2) is 48.4 Å². The van der Waals surface area contributed by atoms with Gasteiger partial charge in [0.25, 0.3) is 0 Å². The molecule has 2 atom stereocenters. The van der Waals surface area contributed by atoms with E-state index in [-0.39, 0.29) is 23.9 Å². The summed E-state index contributed by atoms with van der Waals surface area (Å²) in [6.07, 6.45) is 3.82. The summed E-state index contributed by atoms with van der Waals surface area (Å²) in [5.41, 5.74) is 0.